The maximum atomic E-state index is 10.9. The number of carbonyl (C=O) groups is 1. The van der Waals surface area contributed by atoms with Crippen molar-refractivity contribution in [2.24, 2.45) is 0 Å². The molecule has 0 fully saturated rings. The van der Waals surface area contributed by atoms with Gasteiger partial charge in [0.25, 0.3) is 0 Å². The quantitative estimate of drug-likeness (QED) is 0.710. The largest absolute Gasteiger partial charge is 0.298 e. The number of nitrogens with zero attached hydrogens (tertiary/aromatic N) is 1. The average Bonchev–Trinajstić information content (AvgIpc) is 2.39. The van der Waals surface area contributed by atoms with Crippen molar-refractivity contribution in [3.8, 4) is 17.2 Å². The minimum atomic E-state index is 0.560. The predicted molar refractivity (Wildman–Crippen MR) is 62.0 cm³/mol. The maximum absolute atomic E-state index is 10.9. The minimum Gasteiger partial charge on any atom is -0.298 e. The Morgan fingerprint density at radius 3 is 2.44 bits per heavy atom. The summed E-state index contributed by atoms with van der Waals surface area (Å²) < 4.78 is 0. The average molecular weight is 207 g/mol. The van der Waals surface area contributed by atoms with Gasteiger partial charge in [-0.25, -0.2) is 0 Å². The fraction of sp³-hybridized carbons (Fsp3) is 0. The van der Waals surface area contributed by atoms with Crippen LogP contribution in [0.5, 0.6) is 0 Å². The highest BCUT2D eigenvalue weighted by Gasteiger charge is 2.05. The van der Waals surface area contributed by atoms with E-state index in [1.165, 1.54) is 0 Å². The van der Waals surface area contributed by atoms with E-state index in [0.29, 0.717) is 11.1 Å². The highest BCUT2D eigenvalue weighted by atomic mass is 16.1. The third kappa shape index (κ3) is 1.84. The van der Waals surface area contributed by atoms with Crippen molar-refractivity contribution < 1.29 is 4.79 Å². The van der Waals surface area contributed by atoms with E-state index in [2.05, 4.69) is 6.07 Å². The fourth-order valence-corrected chi connectivity index (χ4v) is 1.60. The van der Waals surface area contributed by atoms with Crippen molar-refractivity contribution in [1.82, 2.24) is 0 Å². The van der Waals surface area contributed by atoms with Gasteiger partial charge in [0.2, 0.25) is 0 Å². The molecule has 0 aliphatic rings. The first-order valence-corrected chi connectivity index (χ1v) is 4.90. The minimum absolute atomic E-state index is 0.560. The van der Waals surface area contributed by atoms with Gasteiger partial charge in [0.1, 0.15) is 0 Å². The topological polar surface area (TPSA) is 40.9 Å². The number of hydrogen-bond acceptors (Lipinski definition) is 2. The summed E-state index contributed by atoms with van der Waals surface area (Å²) in [6, 6.07) is 16.7. The molecule has 0 amide bonds. The summed E-state index contributed by atoms with van der Waals surface area (Å²) in [6.45, 7) is 0. The summed E-state index contributed by atoms with van der Waals surface area (Å²) in [6.07, 6.45) is 0.809. The molecule has 2 heteroatoms. The number of rotatable bonds is 2. The zero-order chi connectivity index (χ0) is 11.4. The molecule has 2 aromatic carbocycles. The van der Waals surface area contributed by atoms with Crippen molar-refractivity contribution in [2.75, 3.05) is 0 Å². The Morgan fingerprint density at radius 2 is 1.81 bits per heavy atom. The maximum Gasteiger partial charge on any atom is 0.150 e. The third-order valence-electron chi connectivity index (χ3n) is 2.39. The Bertz CT molecular complexity index is 553. The van der Waals surface area contributed by atoms with E-state index in [-0.39, 0.29) is 0 Å². The Hall–Kier alpha value is -2.40. The zero-order valence-electron chi connectivity index (χ0n) is 8.55. The molecular weight excluding hydrogens is 198 g/mol. The van der Waals surface area contributed by atoms with E-state index in [1.807, 2.05) is 30.3 Å². The summed E-state index contributed by atoms with van der Waals surface area (Å²) >= 11 is 0. The molecule has 0 saturated heterocycles. The van der Waals surface area contributed by atoms with E-state index in [4.69, 9.17) is 5.26 Å². The van der Waals surface area contributed by atoms with Crippen LogP contribution in [0.3, 0.4) is 0 Å². The SMILES string of the molecule is N#Cc1ccc(C=O)c(-c2ccccc2)c1. The number of carbonyl (C=O) groups excluding carboxylic acids is 1. The molecule has 0 spiro atoms. The molecule has 0 radical (unpaired) electrons. The standard InChI is InChI=1S/C14H9NO/c15-9-11-6-7-13(10-16)14(8-11)12-4-2-1-3-5-12/h1-8,10H. The smallest absolute Gasteiger partial charge is 0.150 e. The first-order valence-electron chi connectivity index (χ1n) is 4.90. The van der Waals surface area contributed by atoms with E-state index < -0.39 is 0 Å². The van der Waals surface area contributed by atoms with Crippen molar-refractivity contribution in [3.63, 3.8) is 0 Å². The molecule has 2 aromatic rings. The van der Waals surface area contributed by atoms with Gasteiger partial charge in [0.15, 0.2) is 6.29 Å². The second-order valence-corrected chi connectivity index (χ2v) is 3.40. The van der Waals surface area contributed by atoms with E-state index in [0.717, 1.165) is 17.4 Å². The highest BCUT2D eigenvalue weighted by Crippen LogP contribution is 2.23. The lowest BCUT2D eigenvalue weighted by molar-refractivity contribution is 0.112. The summed E-state index contributed by atoms with van der Waals surface area (Å²) in [5, 5.41) is 8.83. The first-order chi connectivity index (χ1) is 7.85. The van der Waals surface area contributed by atoms with Crippen LogP contribution in [-0.2, 0) is 0 Å². The molecule has 0 N–H and O–H groups in total. The molecule has 0 aliphatic heterocycles. The van der Waals surface area contributed by atoms with E-state index >= 15 is 0 Å². The Morgan fingerprint density at radius 1 is 1.06 bits per heavy atom. The fourth-order valence-electron chi connectivity index (χ4n) is 1.60. The van der Waals surface area contributed by atoms with Crippen LogP contribution in [0.1, 0.15) is 15.9 Å². The van der Waals surface area contributed by atoms with E-state index in [9.17, 15) is 4.79 Å². The molecule has 0 aromatic heterocycles. The van der Waals surface area contributed by atoms with Crippen LogP contribution in [0, 0.1) is 11.3 Å². The summed E-state index contributed by atoms with van der Waals surface area (Å²) in [5.74, 6) is 0. The van der Waals surface area contributed by atoms with Gasteiger partial charge < -0.3 is 0 Å². The normalized spacial score (nSPS) is 9.44. The summed E-state index contributed by atoms with van der Waals surface area (Å²) in [4.78, 5) is 10.9. The van der Waals surface area contributed by atoms with Gasteiger partial charge in [-0.05, 0) is 29.3 Å². The molecule has 76 valence electrons. The lowest BCUT2D eigenvalue weighted by atomic mass is 9.98. The summed E-state index contributed by atoms with van der Waals surface area (Å²) in [7, 11) is 0. The predicted octanol–water partition coefficient (Wildman–Crippen LogP) is 3.04. The monoisotopic (exact) mass is 207 g/mol. The van der Waals surface area contributed by atoms with Gasteiger partial charge in [0.05, 0.1) is 11.6 Å². The van der Waals surface area contributed by atoms with Crippen LogP contribution in [0.15, 0.2) is 48.5 Å². The van der Waals surface area contributed by atoms with E-state index in [1.54, 1.807) is 18.2 Å². The van der Waals surface area contributed by atoms with Crippen LogP contribution in [-0.4, -0.2) is 6.29 Å². The van der Waals surface area contributed by atoms with Gasteiger partial charge in [0, 0.05) is 5.56 Å². The first kappa shape index (κ1) is 10.1. The third-order valence-corrected chi connectivity index (χ3v) is 2.39. The number of benzene rings is 2. The molecule has 0 aliphatic carbocycles. The van der Waals surface area contributed by atoms with Crippen LogP contribution in [0.2, 0.25) is 0 Å². The molecule has 0 saturated carbocycles. The Kier molecular flexibility index (Phi) is 2.79. The van der Waals surface area contributed by atoms with Crippen LogP contribution >= 0.6 is 0 Å². The zero-order valence-corrected chi connectivity index (χ0v) is 8.55. The molecule has 0 heterocycles. The van der Waals surface area contributed by atoms with Crippen molar-refractivity contribution in [3.05, 3.63) is 59.7 Å². The van der Waals surface area contributed by atoms with Gasteiger partial charge in [-0.3, -0.25) is 4.79 Å². The molecule has 0 bridgehead atoms. The number of hydrogen-bond donors (Lipinski definition) is 0. The van der Waals surface area contributed by atoms with Gasteiger partial charge in [-0.2, -0.15) is 5.26 Å². The highest BCUT2D eigenvalue weighted by molar-refractivity contribution is 5.88. The molecular formula is C14H9NO. The molecule has 2 rings (SSSR count). The van der Waals surface area contributed by atoms with Gasteiger partial charge in [-0.15, -0.1) is 0 Å². The second kappa shape index (κ2) is 4.41. The number of aldehydes is 1. The Labute approximate surface area is 93.8 Å². The number of nitriles is 1. The molecule has 2 nitrogen and oxygen atoms in total. The van der Waals surface area contributed by atoms with Gasteiger partial charge >= 0.3 is 0 Å². The van der Waals surface area contributed by atoms with Crippen molar-refractivity contribution in [2.45, 2.75) is 0 Å². The van der Waals surface area contributed by atoms with Crippen LogP contribution in [0.25, 0.3) is 11.1 Å². The lowest BCUT2D eigenvalue weighted by Gasteiger charge is -2.04. The van der Waals surface area contributed by atoms with Crippen molar-refractivity contribution >= 4 is 6.29 Å². The Balaban J connectivity index is 2.63. The summed E-state index contributed by atoms with van der Waals surface area (Å²) in [5.41, 5.74) is 2.91. The molecule has 0 unspecified atom stereocenters. The van der Waals surface area contributed by atoms with Gasteiger partial charge in [-0.1, -0.05) is 30.3 Å². The molecule has 0 atom stereocenters. The van der Waals surface area contributed by atoms with Crippen molar-refractivity contribution in [1.29, 1.82) is 5.26 Å². The van der Waals surface area contributed by atoms with Crippen LogP contribution in [0.4, 0.5) is 0 Å². The molecule has 16 heavy (non-hydrogen) atoms. The van der Waals surface area contributed by atoms with Crippen LogP contribution < -0.4 is 0 Å². The second-order valence-electron chi connectivity index (χ2n) is 3.40. The lowest BCUT2D eigenvalue weighted by Crippen LogP contribution is -1.88.